The second kappa shape index (κ2) is 8.65. The lowest BCUT2D eigenvalue weighted by atomic mass is 10.3. The van der Waals surface area contributed by atoms with Crippen LogP contribution in [0.3, 0.4) is 0 Å². The molecule has 3 aromatic rings. The molecule has 0 saturated carbocycles. The SMILES string of the molecule is Cc1ccc(NCCCNCc2cnn(-c3ccc(Cl)cc3)c2)nc1. The molecule has 0 aliphatic carbocycles. The van der Waals surface area contributed by atoms with E-state index in [-0.39, 0.29) is 0 Å². The molecule has 0 amide bonds. The van der Waals surface area contributed by atoms with Crippen molar-refractivity contribution in [3.63, 3.8) is 0 Å². The van der Waals surface area contributed by atoms with Crippen LogP contribution in [0.5, 0.6) is 0 Å². The number of nitrogens with one attached hydrogen (secondary N) is 2. The molecule has 0 bridgehead atoms. The predicted molar refractivity (Wildman–Crippen MR) is 102 cm³/mol. The number of aryl methyl sites for hydroxylation is 1. The summed E-state index contributed by atoms with van der Waals surface area (Å²) in [6.07, 6.45) is 6.82. The Bertz CT molecular complexity index is 780. The van der Waals surface area contributed by atoms with Gasteiger partial charge in [0.25, 0.3) is 0 Å². The number of benzene rings is 1. The van der Waals surface area contributed by atoms with Crippen LogP contribution >= 0.6 is 11.6 Å². The third-order valence-corrected chi connectivity index (χ3v) is 4.06. The number of pyridine rings is 1. The third-order valence-electron chi connectivity index (χ3n) is 3.80. The molecule has 2 aromatic heterocycles. The smallest absolute Gasteiger partial charge is 0.125 e. The number of rotatable bonds is 8. The van der Waals surface area contributed by atoms with E-state index in [0.29, 0.717) is 0 Å². The van der Waals surface area contributed by atoms with Gasteiger partial charge >= 0.3 is 0 Å². The van der Waals surface area contributed by atoms with E-state index in [2.05, 4.69) is 26.8 Å². The van der Waals surface area contributed by atoms with Crippen LogP contribution in [0.2, 0.25) is 5.02 Å². The Hall–Kier alpha value is -2.37. The van der Waals surface area contributed by atoms with Gasteiger partial charge in [-0.15, -0.1) is 0 Å². The summed E-state index contributed by atoms with van der Waals surface area (Å²) in [5.41, 5.74) is 3.33. The maximum absolute atomic E-state index is 5.91. The molecule has 1 aromatic carbocycles. The molecular weight excluding hydrogens is 334 g/mol. The summed E-state index contributed by atoms with van der Waals surface area (Å²) < 4.78 is 1.86. The number of anilines is 1. The summed E-state index contributed by atoms with van der Waals surface area (Å²) in [6, 6.07) is 11.7. The van der Waals surface area contributed by atoms with Gasteiger partial charge < -0.3 is 10.6 Å². The highest BCUT2D eigenvalue weighted by Crippen LogP contribution is 2.13. The van der Waals surface area contributed by atoms with Gasteiger partial charge in [0.15, 0.2) is 0 Å². The van der Waals surface area contributed by atoms with Crippen molar-refractivity contribution in [1.29, 1.82) is 0 Å². The van der Waals surface area contributed by atoms with Gasteiger partial charge in [-0.3, -0.25) is 0 Å². The molecular formula is C19H22ClN5. The van der Waals surface area contributed by atoms with E-state index >= 15 is 0 Å². The summed E-state index contributed by atoms with van der Waals surface area (Å²) in [6.45, 7) is 4.67. The monoisotopic (exact) mass is 355 g/mol. The van der Waals surface area contributed by atoms with Crippen molar-refractivity contribution in [2.75, 3.05) is 18.4 Å². The van der Waals surface area contributed by atoms with Gasteiger partial charge in [0.2, 0.25) is 0 Å². The zero-order chi connectivity index (χ0) is 17.5. The Kier molecular flexibility index (Phi) is 6.04. The van der Waals surface area contributed by atoms with E-state index < -0.39 is 0 Å². The lowest BCUT2D eigenvalue weighted by Gasteiger charge is -2.06. The molecule has 3 rings (SSSR count). The van der Waals surface area contributed by atoms with Gasteiger partial charge in [-0.05, 0) is 55.8 Å². The predicted octanol–water partition coefficient (Wildman–Crippen LogP) is 3.82. The second-order valence-corrected chi connectivity index (χ2v) is 6.38. The molecule has 0 fully saturated rings. The Labute approximate surface area is 153 Å². The second-order valence-electron chi connectivity index (χ2n) is 5.95. The van der Waals surface area contributed by atoms with E-state index in [0.717, 1.165) is 48.1 Å². The molecule has 130 valence electrons. The normalized spacial score (nSPS) is 10.8. The van der Waals surface area contributed by atoms with E-state index in [9.17, 15) is 0 Å². The highest BCUT2D eigenvalue weighted by atomic mass is 35.5. The molecule has 25 heavy (non-hydrogen) atoms. The lowest BCUT2D eigenvalue weighted by molar-refractivity contribution is 0.662. The van der Waals surface area contributed by atoms with Gasteiger partial charge in [0, 0.05) is 36.1 Å². The van der Waals surface area contributed by atoms with Gasteiger partial charge in [0.05, 0.1) is 11.9 Å². The Morgan fingerprint density at radius 1 is 1.04 bits per heavy atom. The molecule has 0 radical (unpaired) electrons. The average Bonchev–Trinajstić information content (AvgIpc) is 3.09. The molecule has 0 aliphatic heterocycles. The van der Waals surface area contributed by atoms with Crippen molar-refractivity contribution >= 4 is 17.4 Å². The van der Waals surface area contributed by atoms with Crippen LogP contribution < -0.4 is 10.6 Å². The standard InChI is InChI=1S/C19H22ClN5/c1-15-3-8-19(23-11-15)22-10-2-9-21-12-16-13-24-25(14-16)18-6-4-17(20)5-7-18/h3-8,11,13-14,21H,2,9-10,12H2,1H3,(H,22,23). The molecule has 0 atom stereocenters. The molecule has 0 aliphatic rings. The summed E-state index contributed by atoms with van der Waals surface area (Å²) in [5.74, 6) is 0.926. The minimum atomic E-state index is 0.729. The minimum Gasteiger partial charge on any atom is -0.370 e. The fourth-order valence-corrected chi connectivity index (χ4v) is 2.55. The van der Waals surface area contributed by atoms with Crippen LogP contribution in [0.15, 0.2) is 55.0 Å². The summed E-state index contributed by atoms with van der Waals surface area (Å²) in [7, 11) is 0. The van der Waals surface area contributed by atoms with Crippen molar-refractivity contribution in [1.82, 2.24) is 20.1 Å². The van der Waals surface area contributed by atoms with Gasteiger partial charge in [-0.1, -0.05) is 17.7 Å². The highest BCUT2D eigenvalue weighted by Gasteiger charge is 2.01. The first kappa shape index (κ1) is 17.5. The molecule has 2 heterocycles. The largest absolute Gasteiger partial charge is 0.370 e. The Balaban J connectivity index is 1.36. The number of hydrogen-bond acceptors (Lipinski definition) is 4. The van der Waals surface area contributed by atoms with Crippen molar-refractivity contribution < 1.29 is 0 Å². The quantitative estimate of drug-likeness (QED) is 0.603. The molecule has 0 unspecified atom stereocenters. The van der Waals surface area contributed by atoms with E-state index in [1.807, 2.05) is 60.5 Å². The van der Waals surface area contributed by atoms with Crippen LogP contribution in [-0.2, 0) is 6.54 Å². The fourth-order valence-electron chi connectivity index (χ4n) is 2.42. The molecule has 2 N–H and O–H groups in total. The number of aromatic nitrogens is 3. The van der Waals surface area contributed by atoms with E-state index in [4.69, 9.17) is 11.6 Å². The first-order chi connectivity index (χ1) is 12.2. The minimum absolute atomic E-state index is 0.729. The van der Waals surface area contributed by atoms with E-state index in [1.165, 1.54) is 5.56 Å². The summed E-state index contributed by atoms with van der Waals surface area (Å²) in [5, 5.41) is 11.9. The first-order valence-corrected chi connectivity index (χ1v) is 8.75. The van der Waals surface area contributed by atoms with Crippen LogP contribution in [0.4, 0.5) is 5.82 Å². The van der Waals surface area contributed by atoms with Gasteiger partial charge in [0.1, 0.15) is 5.82 Å². The van der Waals surface area contributed by atoms with Crippen molar-refractivity contribution in [3.05, 3.63) is 71.1 Å². The average molecular weight is 356 g/mol. The summed E-state index contributed by atoms with van der Waals surface area (Å²) in [4.78, 5) is 4.33. The molecule has 6 heteroatoms. The maximum atomic E-state index is 5.91. The highest BCUT2D eigenvalue weighted by molar-refractivity contribution is 6.30. The molecule has 0 spiro atoms. The number of hydrogen-bond donors (Lipinski definition) is 2. The zero-order valence-corrected chi connectivity index (χ0v) is 15.0. The Morgan fingerprint density at radius 3 is 2.64 bits per heavy atom. The van der Waals surface area contributed by atoms with Gasteiger partial charge in [-0.25, -0.2) is 9.67 Å². The first-order valence-electron chi connectivity index (χ1n) is 8.37. The van der Waals surface area contributed by atoms with Crippen molar-refractivity contribution in [2.45, 2.75) is 19.9 Å². The lowest BCUT2D eigenvalue weighted by Crippen LogP contribution is -2.17. The van der Waals surface area contributed by atoms with Crippen LogP contribution in [0.25, 0.3) is 5.69 Å². The van der Waals surface area contributed by atoms with Gasteiger partial charge in [-0.2, -0.15) is 5.10 Å². The maximum Gasteiger partial charge on any atom is 0.125 e. The van der Waals surface area contributed by atoms with Crippen LogP contribution in [-0.4, -0.2) is 27.9 Å². The fraction of sp³-hybridized carbons (Fsp3) is 0.263. The number of halogens is 1. The summed E-state index contributed by atoms with van der Waals surface area (Å²) >= 11 is 5.91. The van der Waals surface area contributed by atoms with Crippen molar-refractivity contribution in [2.24, 2.45) is 0 Å². The molecule has 0 saturated heterocycles. The third kappa shape index (κ3) is 5.31. The van der Waals surface area contributed by atoms with Crippen LogP contribution in [0, 0.1) is 6.92 Å². The molecule has 5 nitrogen and oxygen atoms in total. The van der Waals surface area contributed by atoms with Crippen LogP contribution in [0.1, 0.15) is 17.5 Å². The number of nitrogens with zero attached hydrogens (tertiary/aromatic N) is 3. The zero-order valence-electron chi connectivity index (χ0n) is 14.2. The topological polar surface area (TPSA) is 54.8 Å². The van der Waals surface area contributed by atoms with Crippen molar-refractivity contribution in [3.8, 4) is 5.69 Å². The van der Waals surface area contributed by atoms with E-state index in [1.54, 1.807) is 0 Å². The Morgan fingerprint density at radius 2 is 1.88 bits per heavy atom.